The molecule has 0 aliphatic heterocycles. The fourth-order valence-corrected chi connectivity index (χ4v) is 3.89. The van der Waals surface area contributed by atoms with Crippen molar-refractivity contribution in [1.29, 1.82) is 0 Å². The van der Waals surface area contributed by atoms with E-state index in [9.17, 15) is 0 Å². The Morgan fingerprint density at radius 3 is 0.682 bits per heavy atom. The van der Waals surface area contributed by atoms with E-state index in [4.69, 9.17) is 0 Å². The molecule has 0 aliphatic rings. The first-order valence-electron chi connectivity index (χ1n) is 9.89. The largest absolute Gasteiger partial charge is 0.0628 e. The van der Waals surface area contributed by atoms with Gasteiger partial charge < -0.3 is 0 Å². The molecular weight excluding hydrogens is 264 g/mol. The van der Waals surface area contributed by atoms with Crippen molar-refractivity contribution in [2.24, 2.45) is 47.3 Å². The molecule has 0 aromatic carbocycles. The molecule has 22 heavy (non-hydrogen) atoms. The highest BCUT2D eigenvalue weighted by molar-refractivity contribution is 4.75. The molecule has 0 aromatic heterocycles. The zero-order valence-corrected chi connectivity index (χ0v) is 18.0. The van der Waals surface area contributed by atoms with Crippen LogP contribution in [0.1, 0.15) is 95.9 Å². The van der Waals surface area contributed by atoms with E-state index in [0.717, 1.165) is 47.3 Å². The van der Waals surface area contributed by atoms with E-state index in [2.05, 4.69) is 83.1 Å². The molecule has 0 aliphatic carbocycles. The van der Waals surface area contributed by atoms with Crippen LogP contribution in [0.15, 0.2) is 0 Å². The van der Waals surface area contributed by atoms with Crippen LogP contribution in [-0.4, -0.2) is 0 Å². The number of hydrogen-bond acceptors (Lipinski definition) is 0. The van der Waals surface area contributed by atoms with E-state index < -0.39 is 0 Å². The van der Waals surface area contributed by atoms with E-state index in [1.54, 1.807) is 0 Å². The lowest BCUT2D eigenvalue weighted by atomic mass is 9.72. The normalized spacial score (nSPS) is 12.5. The summed E-state index contributed by atoms with van der Waals surface area (Å²) in [6, 6.07) is 0. The van der Waals surface area contributed by atoms with Crippen LogP contribution in [0.4, 0.5) is 0 Å². The molecule has 0 fully saturated rings. The van der Waals surface area contributed by atoms with Gasteiger partial charge in [-0.1, -0.05) is 83.1 Å². The molecule has 0 rings (SSSR count). The van der Waals surface area contributed by atoms with Gasteiger partial charge in [-0.05, 0) is 60.2 Å². The molecule has 0 heteroatoms. The van der Waals surface area contributed by atoms with Gasteiger partial charge in [0.25, 0.3) is 0 Å². The lowest BCUT2D eigenvalue weighted by molar-refractivity contribution is 0.165. The molecule has 0 N–H and O–H groups in total. The van der Waals surface area contributed by atoms with E-state index in [-0.39, 0.29) is 0 Å². The SMILES string of the molecule is CC(C)C(CC(C(C)C)C(C)C)C(C)C.CC(C)CC(C)C. The van der Waals surface area contributed by atoms with Crippen LogP contribution in [-0.2, 0) is 0 Å². The molecule has 0 heterocycles. The smallest absolute Gasteiger partial charge is 0.0365 e. The van der Waals surface area contributed by atoms with Crippen LogP contribution in [0.25, 0.3) is 0 Å². The molecule has 0 bridgehead atoms. The molecule has 0 saturated heterocycles. The van der Waals surface area contributed by atoms with Crippen molar-refractivity contribution in [2.45, 2.75) is 95.9 Å². The first-order valence-corrected chi connectivity index (χ1v) is 9.89. The summed E-state index contributed by atoms with van der Waals surface area (Å²) in [6.45, 7) is 28.1. The maximum Gasteiger partial charge on any atom is -0.0365 e. The van der Waals surface area contributed by atoms with E-state index in [0.29, 0.717) is 0 Å². The molecule has 0 atom stereocenters. The molecule has 136 valence electrons. The third-order valence-electron chi connectivity index (χ3n) is 4.91. The van der Waals surface area contributed by atoms with Crippen molar-refractivity contribution >= 4 is 0 Å². The second-order valence-electron chi connectivity index (χ2n) is 9.56. The highest BCUT2D eigenvalue weighted by Crippen LogP contribution is 2.34. The molecule has 0 saturated carbocycles. The average Bonchev–Trinajstić information content (AvgIpc) is 2.25. The summed E-state index contributed by atoms with van der Waals surface area (Å²) >= 11 is 0. The van der Waals surface area contributed by atoms with Crippen LogP contribution in [0, 0.1) is 47.3 Å². The Morgan fingerprint density at radius 2 is 0.591 bits per heavy atom. The monoisotopic (exact) mass is 312 g/mol. The minimum absolute atomic E-state index is 0.824. The number of hydrogen-bond donors (Lipinski definition) is 0. The van der Waals surface area contributed by atoms with Crippen LogP contribution < -0.4 is 0 Å². The summed E-state index contributed by atoms with van der Waals surface area (Å²) in [5.74, 6) is 6.82. The lowest BCUT2D eigenvalue weighted by Gasteiger charge is -2.33. The predicted octanol–water partition coefficient (Wildman–Crippen LogP) is 7.92. The summed E-state index contributed by atoms with van der Waals surface area (Å²) in [7, 11) is 0. The molecule has 0 nitrogen and oxygen atoms in total. The molecule has 0 unspecified atom stereocenters. The first-order chi connectivity index (χ1) is 9.89. The summed E-state index contributed by atoms with van der Waals surface area (Å²) < 4.78 is 0. The van der Waals surface area contributed by atoms with Gasteiger partial charge in [0.2, 0.25) is 0 Å². The quantitative estimate of drug-likeness (QED) is 0.427. The Balaban J connectivity index is 0. The van der Waals surface area contributed by atoms with Gasteiger partial charge in [-0.15, -0.1) is 0 Å². The Hall–Kier alpha value is 0. The Bertz CT molecular complexity index is 192. The highest BCUT2D eigenvalue weighted by atomic mass is 14.3. The predicted molar refractivity (Wildman–Crippen MR) is 105 cm³/mol. The summed E-state index contributed by atoms with van der Waals surface area (Å²) in [5, 5.41) is 0. The second kappa shape index (κ2) is 12.4. The van der Waals surface area contributed by atoms with E-state index >= 15 is 0 Å². The summed E-state index contributed by atoms with van der Waals surface area (Å²) in [6.07, 6.45) is 2.77. The highest BCUT2D eigenvalue weighted by Gasteiger charge is 2.25. The molecule has 0 radical (unpaired) electrons. The van der Waals surface area contributed by atoms with E-state index in [1.807, 2.05) is 0 Å². The van der Waals surface area contributed by atoms with Crippen molar-refractivity contribution in [3.63, 3.8) is 0 Å². The van der Waals surface area contributed by atoms with Crippen molar-refractivity contribution in [1.82, 2.24) is 0 Å². The minimum atomic E-state index is 0.824. The van der Waals surface area contributed by atoms with Crippen molar-refractivity contribution < 1.29 is 0 Å². The minimum Gasteiger partial charge on any atom is -0.0628 e. The molecule has 0 spiro atoms. The fourth-order valence-electron chi connectivity index (χ4n) is 3.89. The maximum atomic E-state index is 2.38. The number of rotatable bonds is 8. The van der Waals surface area contributed by atoms with Gasteiger partial charge in [-0.3, -0.25) is 0 Å². The molecule has 0 aromatic rings. The standard InChI is InChI=1S/C15H32.C7H16/c1-10(2)14(11(3)4)9-15(12(5)6)13(7)8;1-6(2)5-7(3)4/h10-15H,9H2,1-8H3;6-7H,5H2,1-4H3. The third kappa shape index (κ3) is 12.5. The van der Waals surface area contributed by atoms with Crippen LogP contribution in [0.3, 0.4) is 0 Å². The zero-order valence-electron chi connectivity index (χ0n) is 18.0. The van der Waals surface area contributed by atoms with Crippen molar-refractivity contribution in [3.05, 3.63) is 0 Å². The van der Waals surface area contributed by atoms with Gasteiger partial charge in [0.05, 0.1) is 0 Å². The van der Waals surface area contributed by atoms with Crippen molar-refractivity contribution in [2.75, 3.05) is 0 Å². The van der Waals surface area contributed by atoms with E-state index in [1.165, 1.54) is 12.8 Å². The van der Waals surface area contributed by atoms with Crippen LogP contribution >= 0.6 is 0 Å². The summed E-state index contributed by atoms with van der Waals surface area (Å²) in [4.78, 5) is 0. The second-order valence-corrected chi connectivity index (χ2v) is 9.56. The Morgan fingerprint density at radius 1 is 0.364 bits per heavy atom. The van der Waals surface area contributed by atoms with Crippen LogP contribution in [0.2, 0.25) is 0 Å². The fraction of sp³-hybridized carbons (Fsp3) is 1.00. The van der Waals surface area contributed by atoms with Gasteiger partial charge in [0.1, 0.15) is 0 Å². The average molecular weight is 313 g/mol. The van der Waals surface area contributed by atoms with Gasteiger partial charge in [-0.25, -0.2) is 0 Å². The lowest BCUT2D eigenvalue weighted by Crippen LogP contribution is -2.25. The first kappa shape index (κ1) is 24.3. The van der Waals surface area contributed by atoms with Crippen LogP contribution in [0.5, 0.6) is 0 Å². The van der Waals surface area contributed by atoms with Gasteiger partial charge in [0, 0.05) is 0 Å². The third-order valence-corrected chi connectivity index (χ3v) is 4.91. The molecular formula is C22H48. The van der Waals surface area contributed by atoms with Gasteiger partial charge in [-0.2, -0.15) is 0 Å². The zero-order chi connectivity index (χ0) is 18.0. The Labute approximate surface area is 143 Å². The van der Waals surface area contributed by atoms with Gasteiger partial charge in [0.15, 0.2) is 0 Å². The topological polar surface area (TPSA) is 0 Å². The molecule has 0 amide bonds. The van der Waals surface area contributed by atoms with Gasteiger partial charge >= 0.3 is 0 Å². The van der Waals surface area contributed by atoms with Crippen molar-refractivity contribution in [3.8, 4) is 0 Å². The summed E-state index contributed by atoms with van der Waals surface area (Å²) in [5.41, 5.74) is 0. The Kier molecular flexibility index (Phi) is 13.7. The maximum absolute atomic E-state index is 2.38.